The molecule has 4 aliphatic rings. The third kappa shape index (κ3) is 3.00. The molecule has 0 saturated heterocycles. The molecule has 8 aromatic rings. The molecule has 0 nitrogen and oxygen atoms in total. The van der Waals surface area contributed by atoms with Gasteiger partial charge in [-0.15, -0.1) is 0 Å². The molecular formula is C48H26Br2. The van der Waals surface area contributed by atoms with Crippen LogP contribution in [0, 0.1) is 0 Å². The summed E-state index contributed by atoms with van der Waals surface area (Å²) in [4.78, 5) is 0. The summed E-state index contributed by atoms with van der Waals surface area (Å²) in [5.41, 5.74) is 18.1. The van der Waals surface area contributed by atoms with Gasteiger partial charge in [0.15, 0.2) is 0 Å². The Hall–Kier alpha value is -5.02. The molecule has 50 heavy (non-hydrogen) atoms. The van der Waals surface area contributed by atoms with E-state index in [2.05, 4.69) is 190 Å². The Morgan fingerprint density at radius 3 is 1.22 bits per heavy atom. The van der Waals surface area contributed by atoms with Gasteiger partial charge in [0.1, 0.15) is 0 Å². The van der Waals surface area contributed by atoms with Gasteiger partial charge in [0.05, 0.1) is 10.8 Å². The largest absolute Gasteiger partial charge is 0.0729 e. The zero-order chi connectivity index (χ0) is 32.9. The lowest BCUT2D eigenvalue weighted by molar-refractivity contribution is 0.826. The maximum atomic E-state index is 3.97. The lowest BCUT2D eigenvalue weighted by atomic mass is 9.66. The molecule has 0 fully saturated rings. The van der Waals surface area contributed by atoms with E-state index in [0.717, 1.165) is 8.95 Å². The third-order valence-electron chi connectivity index (χ3n) is 12.2. The first-order valence-corrected chi connectivity index (χ1v) is 18.8. The van der Waals surface area contributed by atoms with Crippen molar-refractivity contribution in [1.82, 2.24) is 0 Å². The maximum absolute atomic E-state index is 3.97. The molecule has 0 bridgehead atoms. The highest BCUT2D eigenvalue weighted by Gasteiger charge is 2.63. The van der Waals surface area contributed by atoms with Crippen molar-refractivity contribution in [2.75, 3.05) is 0 Å². The normalized spacial score (nSPS) is 19.9. The second kappa shape index (κ2) is 9.40. The van der Waals surface area contributed by atoms with Gasteiger partial charge >= 0.3 is 0 Å². The molecule has 2 spiro atoms. The van der Waals surface area contributed by atoms with Gasteiger partial charge in [-0.25, -0.2) is 0 Å². The highest BCUT2D eigenvalue weighted by Crippen LogP contribution is 2.75. The summed E-state index contributed by atoms with van der Waals surface area (Å²) in [6.45, 7) is 0. The van der Waals surface area contributed by atoms with Crippen molar-refractivity contribution >= 4 is 64.6 Å². The minimum Gasteiger partial charge on any atom is -0.0619 e. The zero-order valence-electron chi connectivity index (χ0n) is 26.8. The van der Waals surface area contributed by atoms with Crippen LogP contribution in [0.25, 0.3) is 54.9 Å². The molecular weight excluding hydrogens is 736 g/mol. The average molecular weight is 763 g/mol. The second-order valence-electron chi connectivity index (χ2n) is 14.1. The molecule has 12 rings (SSSR count). The number of allylic oxidation sites excluding steroid dienone is 2. The van der Waals surface area contributed by atoms with Gasteiger partial charge in [0.25, 0.3) is 0 Å². The Labute approximate surface area is 307 Å². The molecule has 0 radical (unpaired) electrons. The number of hydrogen-bond acceptors (Lipinski definition) is 0. The quantitative estimate of drug-likeness (QED) is 0.144. The van der Waals surface area contributed by atoms with E-state index >= 15 is 0 Å². The van der Waals surface area contributed by atoms with Crippen LogP contribution in [-0.4, -0.2) is 0 Å². The molecule has 8 aromatic carbocycles. The lowest BCUT2D eigenvalue weighted by Gasteiger charge is -2.35. The summed E-state index contributed by atoms with van der Waals surface area (Å²) in [7, 11) is 0. The van der Waals surface area contributed by atoms with Crippen molar-refractivity contribution < 1.29 is 0 Å². The van der Waals surface area contributed by atoms with E-state index in [1.165, 1.54) is 99.5 Å². The molecule has 232 valence electrons. The molecule has 0 amide bonds. The second-order valence-corrected chi connectivity index (χ2v) is 16.0. The summed E-state index contributed by atoms with van der Waals surface area (Å²) >= 11 is 7.93. The van der Waals surface area contributed by atoms with E-state index in [1.54, 1.807) is 0 Å². The van der Waals surface area contributed by atoms with Crippen LogP contribution in [0.3, 0.4) is 0 Å². The molecule has 0 N–H and O–H groups in total. The molecule has 0 aliphatic heterocycles. The summed E-state index contributed by atoms with van der Waals surface area (Å²) in [6.07, 6.45) is 0. The molecule has 4 aliphatic carbocycles. The van der Waals surface area contributed by atoms with Gasteiger partial charge in [-0.3, -0.25) is 0 Å². The van der Waals surface area contributed by atoms with Crippen LogP contribution in [0.2, 0.25) is 0 Å². The molecule has 0 heterocycles. The van der Waals surface area contributed by atoms with Crippen molar-refractivity contribution in [3.63, 3.8) is 0 Å². The monoisotopic (exact) mass is 760 g/mol. The van der Waals surface area contributed by atoms with Crippen LogP contribution >= 0.6 is 31.9 Å². The van der Waals surface area contributed by atoms with Gasteiger partial charge in [-0.2, -0.15) is 0 Å². The fraction of sp³-hybridized carbons (Fsp3) is 0.0417. The fourth-order valence-electron chi connectivity index (χ4n) is 10.6. The van der Waals surface area contributed by atoms with Gasteiger partial charge in [-0.1, -0.05) is 165 Å². The Kier molecular flexibility index (Phi) is 5.22. The summed E-state index contributed by atoms with van der Waals surface area (Å²) in [5.74, 6) is 0. The molecule has 2 heteroatoms. The predicted octanol–water partition coefficient (Wildman–Crippen LogP) is 13.1. The van der Waals surface area contributed by atoms with Crippen molar-refractivity contribution in [2.24, 2.45) is 0 Å². The molecule has 2 unspecified atom stereocenters. The molecule has 0 aromatic heterocycles. The third-order valence-corrected chi connectivity index (χ3v) is 13.2. The Bertz CT molecular complexity index is 2710. The smallest absolute Gasteiger partial charge is 0.0619 e. The van der Waals surface area contributed by atoms with Crippen LogP contribution in [0.5, 0.6) is 0 Å². The fourth-order valence-corrected chi connectivity index (χ4v) is 11.3. The number of hydrogen-bond donors (Lipinski definition) is 0. The number of rotatable bonds is 0. The van der Waals surface area contributed by atoms with Gasteiger partial charge in [-0.05, 0) is 124 Å². The van der Waals surface area contributed by atoms with Crippen molar-refractivity contribution in [3.05, 3.63) is 211 Å². The van der Waals surface area contributed by atoms with Crippen LogP contribution in [0.4, 0.5) is 0 Å². The van der Waals surface area contributed by atoms with Crippen LogP contribution in [0.15, 0.2) is 167 Å². The topological polar surface area (TPSA) is 0 Å². The SMILES string of the molecule is Brc1ccc2c(c1)C1(C3=C2C2(c4cc(Br)ccc43)c3ccccc3-c3c2ccc2ccccc32)c2ccccc2-c2c1ccc1ccccc21. The Morgan fingerprint density at radius 2 is 0.740 bits per heavy atom. The van der Waals surface area contributed by atoms with E-state index in [4.69, 9.17) is 0 Å². The van der Waals surface area contributed by atoms with Crippen LogP contribution < -0.4 is 0 Å². The van der Waals surface area contributed by atoms with Gasteiger partial charge in [0.2, 0.25) is 0 Å². The Morgan fingerprint density at radius 1 is 0.320 bits per heavy atom. The molecule has 2 atom stereocenters. The number of halogens is 2. The van der Waals surface area contributed by atoms with E-state index in [9.17, 15) is 0 Å². The first kappa shape index (κ1) is 27.8. The first-order valence-electron chi connectivity index (χ1n) is 17.2. The van der Waals surface area contributed by atoms with Crippen molar-refractivity contribution in [3.8, 4) is 22.3 Å². The van der Waals surface area contributed by atoms with Crippen LogP contribution in [-0.2, 0) is 10.8 Å². The van der Waals surface area contributed by atoms with E-state index < -0.39 is 10.8 Å². The standard InChI is InChI=1S/C48H26Br2/c49-29-19-21-35-41(25-29)47(37-15-7-5-13-33(37)43-31-11-3-1-9-27(31)17-23-39(43)47)45-36-22-20-30(50)26-42(36)48(46(35)45)38-16-8-6-14-34(38)44-32-12-4-2-10-28(32)18-24-40(44)48/h1-26H. The van der Waals surface area contributed by atoms with E-state index in [0.29, 0.717) is 0 Å². The minimum atomic E-state index is -0.495. The summed E-state index contributed by atoms with van der Waals surface area (Å²) in [5, 5.41) is 5.17. The summed E-state index contributed by atoms with van der Waals surface area (Å²) < 4.78 is 2.21. The minimum absolute atomic E-state index is 0.495. The predicted molar refractivity (Wildman–Crippen MR) is 214 cm³/mol. The van der Waals surface area contributed by atoms with Gasteiger partial charge < -0.3 is 0 Å². The van der Waals surface area contributed by atoms with E-state index in [1.807, 2.05) is 0 Å². The maximum Gasteiger partial charge on any atom is 0.0729 e. The highest BCUT2D eigenvalue weighted by molar-refractivity contribution is 9.10. The van der Waals surface area contributed by atoms with Crippen LogP contribution in [0.1, 0.15) is 44.5 Å². The average Bonchev–Trinajstić information content (AvgIpc) is 3.83. The van der Waals surface area contributed by atoms with Crippen molar-refractivity contribution in [1.29, 1.82) is 0 Å². The van der Waals surface area contributed by atoms with Crippen molar-refractivity contribution in [2.45, 2.75) is 10.8 Å². The first-order chi connectivity index (χ1) is 24.6. The number of benzene rings is 8. The van der Waals surface area contributed by atoms with E-state index in [-0.39, 0.29) is 0 Å². The zero-order valence-corrected chi connectivity index (χ0v) is 29.9. The highest BCUT2D eigenvalue weighted by atomic mass is 79.9. The Balaban J connectivity index is 1.34. The summed E-state index contributed by atoms with van der Waals surface area (Å²) in [6, 6.07) is 59.9. The van der Waals surface area contributed by atoms with Gasteiger partial charge in [0, 0.05) is 8.95 Å². The molecule has 0 saturated carbocycles. The number of fused-ring (bicyclic) bond motifs is 22. The lowest BCUT2D eigenvalue weighted by Crippen LogP contribution is -2.28.